The number of carbonyl (C=O) groups excluding carboxylic acids is 1. The van der Waals surface area contributed by atoms with Gasteiger partial charge in [-0.3, -0.25) is 4.79 Å². The third-order valence-corrected chi connectivity index (χ3v) is 4.58. The van der Waals surface area contributed by atoms with Crippen LogP contribution in [0.1, 0.15) is 12.8 Å². The highest BCUT2D eigenvalue weighted by atomic mass is 32.2. The lowest BCUT2D eigenvalue weighted by atomic mass is 10.1. The lowest BCUT2D eigenvalue weighted by molar-refractivity contribution is -0.119. The van der Waals surface area contributed by atoms with Gasteiger partial charge in [-0.15, -0.1) is 5.10 Å². The van der Waals surface area contributed by atoms with Gasteiger partial charge in [-0.25, -0.2) is 0 Å². The summed E-state index contributed by atoms with van der Waals surface area (Å²) in [7, 11) is 0. The van der Waals surface area contributed by atoms with Crippen LogP contribution in [-0.4, -0.2) is 39.7 Å². The molecule has 3 rings (SSSR count). The Balaban J connectivity index is 1.70. The average Bonchev–Trinajstić information content (AvgIpc) is 3.03. The van der Waals surface area contributed by atoms with Gasteiger partial charge in [0.1, 0.15) is 10.8 Å². The van der Waals surface area contributed by atoms with Crippen molar-refractivity contribution in [3.8, 4) is 5.75 Å². The van der Waals surface area contributed by atoms with Gasteiger partial charge in [-0.05, 0) is 37.1 Å². The third-order valence-electron chi connectivity index (χ3n) is 3.42. The molecule has 1 aromatic heterocycles. The number of carbonyl (C=O) groups is 1. The van der Waals surface area contributed by atoms with E-state index in [0.717, 1.165) is 12.8 Å². The number of halogens is 2. The number of hydrogen-bond acceptors (Lipinski definition) is 5. The first-order chi connectivity index (χ1) is 11.1. The minimum Gasteiger partial charge on any atom is -0.435 e. The second-order valence-corrected chi connectivity index (χ2v) is 6.14. The summed E-state index contributed by atoms with van der Waals surface area (Å²) >= 11 is 1.37. The van der Waals surface area contributed by atoms with Crippen molar-refractivity contribution in [1.29, 1.82) is 0 Å². The molecule has 0 unspecified atom stereocenters. The van der Waals surface area contributed by atoms with E-state index in [2.05, 4.69) is 20.1 Å². The Kier molecular flexibility index (Phi) is 4.75. The first-order valence-corrected chi connectivity index (χ1v) is 7.90. The molecule has 23 heavy (non-hydrogen) atoms. The summed E-state index contributed by atoms with van der Waals surface area (Å²) in [5.74, 6) is 0.0495. The van der Waals surface area contributed by atoms with Crippen LogP contribution in [0.2, 0.25) is 0 Å². The van der Waals surface area contributed by atoms with Gasteiger partial charge in [-0.2, -0.15) is 19.1 Å². The molecule has 1 aromatic carbocycles. The molecule has 1 aliphatic heterocycles. The van der Waals surface area contributed by atoms with Gasteiger partial charge < -0.3 is 9.64 Å². The van der Waals surface area contributed by atoms with Gasteiger partial charge in [0.2, 0.25) is 5.91 Å². The molecule has 1 saturated heterocycles. The van der Waals surface area contributed by atoms with Gasteiger partial charge in [0.15, 0.2) is 0 Å². The fourth-order valence-electron chi connectivity index (χ4n) is 2.41. The number of nitrogens with zero attached hydrogens (tertiary/aromatic N) is 3. The number of anilines is 1. The van der Waals surface area contributed by atoms with Crippen LogP contribution in [-0.2, 0) is 4.79 Å². The van der Waals surface area contributed by atoms with Crippen molar-refractivity contribution in [2.45, 2.75) is 29.7 Å². The van der Waals surface area contributed by atoms with Crippen molar-refractivity contribution in [3.05, 3.63) is 30.5 Å². The van der Waals surface area contributed by atoms with E-state index >= 15 is 0 Å². The van der Waals surface area contributed by atoms with E-state index in [1.165, 1.54) is 23.9 Å². The van der Waals surface area contributed by atoms with Crippen molar-refractivity contribution >= 4 is 23.4 Å². The van der Waals surface area contributed by atoms with Crippen LogP contribution in [0.15, 0.2) is 35.5 Å². The van der Waals surface area contributed by atoms with Crippen LogP contribution >= 0.6 is 11.8 Å². The van der Waals surface area contributed by atoms with Crippen molar-refractivity contribution in [1.82, 2.24) is 15.4 Å². The molecule has 1 amide bonds. The zero-order valence-electron chi connectivity index (χ0n) is 12.0. The van der Waals surface area contributed by atoms with E-state index in [-0.39, 0.29) is 16.9 Å². The smallest absolute Gasteiger partial charge is 0.387 e. The molecular formula is C14H14F2N4O2S. The molecule has 9 heteroatoms. The van der Waals surface area contributed by atoms with Crippen LogP contribution in [0.3, 0.4) is 0 Å². The fourth-order valence-corrected chi connectivity index (χ4v) is 3.42. The topological polar surface area (TPSA) is 71.1 Å². The number of amides is 1. The number of rotatable bonds is 5. The van der Waals surface area contributed by atoms with Gasteiger partial charge in [-0.1, -0.05) is 11.8 Å². The van der Waals surface area contributed by atoms with Crippen molar-refractivity contribution in [3.63, 3.8) is 0 Å². The Morgan fingerprint density at radius 2 is 2.13 bits per heavy atom. The van der Waals surface area contributed by atoms with E-state index < -0.39 is 6.61 Å². The first-order valence-electron chi connectivity index (χ1n) is 7.02. The number of ether oxygens (including phenoxy) is 1. The number of nitrogens with one attached hydrogen (secondary N) is 1. The Bertz CT molecular complexity index is 651. The van der Waals surface area contributed by atoms with Crippen LogP contribution in [0.4, 0.5) is 14.5 Å². The van der Waals surface area contributed by atoms with Crippen LogP contribution < -0.4 is 9.64 Å². The molecule has 1 N–H and O–H groups in total. The standard InChI is InChI=1S/C14H14F2N4O2S/c15-14(16)22-10-5-3-9(4-6-10)20-7-1-2-11(13(20)21)23-12-8-17-19-18-12/h3-6,8,11,14H,1-2,7H2,(H,17,18,19)/t11-/m1/s1. The maximum Gasteiger partial charge on any atom is 0.387 e. The molecule has 1 aliphatic rings. The molecule has 1 atom stereocenters. The molecule has 1 fully saturated rings. The fraction of sp³-hybridized carbons (Fsp3) is 0.357. The Morgan fingerprint density at radius 3 is 2.78 bits per heavy atom. The van der Waals surface area contributed by atoms with Crippen molar-refractivity contribution in [2.75, 3.05) is 11.4 Å². The van der Waals surface area contributed by atoms with Crippen LogP contribution in [0, 0.1) is 0 Å². The van der Waals surface area contributed by atoms with E-state index in [1.54, 1.807) is 23.2 Å². The predicted molar refractivity (Wildman–Crippen MR) is 80.7 cm³/mol. The van der Waals surface area contributed by atoms with E-state index in [0.29, 0.717) is 17.3 Å². The highest BCUT2D eigenvalue weighted by Gasteiger charge is 2.31. The molecule has 122 valence electrons. The first kappa shape index (κ1) is 15.7. The SMILES string of the molecule is O=C1[C@H](Sc2cn[nH]n2)CCCN1c1ccc(OC(F)F)cc1. The van der Waals surface area contributed by atoms with Crippen molar-refractivity contribution in [2.24, 2.45) is 0 Å². The average molecular weight is 340 g/mol. The van der Waals surface area contributed by atoms with Crippen LogP contribution in [0.25, 0.3) is 0 Å². The number of aromatic nitrogens is 3. The van der Waals surface area contributed by atoms with Gasteiger partial charge in [0.05, 0.1) is 11.4 Å². The Morgan fingerprint density at radius 1 is 1.35 bits per heavy atom. The molecule has 0 radical (unpaired) electrons. The lowest BCUT2D eigenvalue weighted by Gasteiger charge is -2.31. The number of hydrogen-bond donors (Lipinski definition) is 1. The van der Waals surface area contributed by atoms with Crippen molar-refractivity contribution < 1.29 is 18.3 Å². The predicted octanol–water partition coefficient (Wildman–Crippen LogP) is 2.69. The van der Waals surface area contributed by atoms with Gasteiger partial charge in [0, 0.05) is 12.2 Å². The van der Waals surface area contributed by atoms with Gasteiger partial charge >= 0.3 is 6.61 Å². The van der Waals surface area contributed by atoms with E-state index in [1.807, 2.05) is 0 Å². The summed E-state index contributed by atoms with van der Waals surface area (Å²) in [5, 5.41) is 10.6. The minimum absolute atomic E-state index is 0.0215. The minimum atomic E-state index is -2.86. The maximum absolute atomic E-state index is 12.6. The summed E-state index contributed by atoms with van der Waals surface area (Å²) in [5.41, 5.74) is 0.669. The number of H-pyrrole nitrogens is 1. The van der Waals surface area contributed by atoms with Crippen LogP contribution in [0.5, 0.6) is 5.75 Å². The number of benzene rings is 1. The summed E-state index contributed by atoms with van der Waals surface area (Å²) in [6, 6.07) is 6.09. The third kappa shape index (κ3) is 3.79. The van der Waals surface area contributed by atoms with Gasteiger partial charge in [0.25, 0.3) is 0 Å². The van der Waals surface area contributed by atoms with E-state index in [9.17, 15) is 13.6 Å². The Hall–Kier alpha value is -2.16. The van der Waals surface area contributed by atoms with E-state index in [4.69, 9.17) is 0 Å². The lowest BCUT2D eigenvalue weighted by Crippen LogP contribution is -2.42. The summed E-state index contributed by atoms with van der Waals surface area (Å²) in [6.07, 6.45) is 3.20. The monoisotopic (exact) mass is 340 g/mol. The second-order valence-electron chi connectivity index (χ2n) is 4.92. The quantitative estimate of drug-likeness (QED) is 0.906. The number of alkyl halides is 2. The second kappa shape index (κ2) is 6.95. The molecule has 6 nitrogen and oxygen atoms in total. The summed E-state index contributed by atoms with van der Waals surface area (Å²) in [6.45, 7) is -2.26. The molecule has 2 aromatic rings. The maximum atomic E-state index is 12.6. The molecule has 2 heterocycles. The molecule has 0 spiro atoms. The molecule has 0 bridgehead atoms. The zero-order valence-corrected chi connectivity index (χ0v) is 12.8. The molecule has 0 saturated carbocycles. The highest BCUT2D eigenvalue weighted by Crippen LogP contribution is 2.31. The summed E-state index contributed by atoms with van der Waals surface area (Å²) in [4.78, 5) is 14.3. The number of aromatic amines is 1. The highest BCUT2D eigenvalue weighted by molar-refractivity contribution is 8.00. The Labute approximate surface area is 135 Å². The molecular weight excluding hydrogens is 326 g/mol. The molecule has 0 aliphatic carbocycles. The number of piperidine rings is 1. The normalized spacial score (nSPS) is 18.5. The number of thioether (sulfide) groups is 1. The summed E-state index contributed by atoms with van der Waals surface area (Å²) < 4.78 is 28.6. The zero-order chi connectivity index (χ0) is 16.2. The largest absolute Gasteiger partial charge is 0.435 e.